The van der Waals surface area contributed by atoms with Crippen LogP contribution in [0.2, 0.25) is 0 Å². The minimum absolute atomic E-state index is 0. The number of thioether (sulfide) groups is 1. The third-order valence-corrected chi connectivity index (χ3v) is 6.75. The van der Waals surface area contributed by atoms with Gasteiger partial charge in [0.05, 0.1) is 5.88 Å². The lowest BCUT2D eigenvalue weighted by atomic mass is 9.86. The number of rotatable bonds is 4. The molecule has 2 aliphatic rings. The van der Waals surface area contributed by atoms with E-state index in [1.165, 1.54) is 5.56 Å². The molecule has 3 unspecified atom stereocenters. The molecular formula is C21H32ClN3O2S. The zero-order chi connectivity index (χ0) is 19.6. The summed E-state index contributed by atoms with van der Waals surface area (Å²) in [5, 5.41) is 3.16. The molecule has 1 saturated heterocycles. The molecule has 0 bridgehead atoms. The van der Waals surface area contributed by atoms with Gasteiger partial charge in [0, 0.05) is 17.4 Å². The van der Waals surface area contributed by atoms with Crippen LogP contribution in [0.3, 0.4) is 0 Å². The van der Waals surface area contributed by atoms with E-state index in [1.807, 2.05) is 24.3 Å². The van der Waals surface area contributed by atoms with Gasteiger partial charge in [-0.25, -0.2) is 0 Å². The van der Waals surface area contributed by atoms with Gasteiger partial charge in [0.1, 0.15) is 6.04 Å². The van der Waals surface area contributed by atoms with E-state index in [-0.39, 0.29) is 35.7 Å². The van der Waals surface area contributed by atoms with Crippen molar-refractivity contribution in [3.05, 3.63) is 35.4 Å². The van der Waals surface area contributed by atoms with Crippen LogP contribution in [0.25, 0.3) is 0 Å². The lowest BCUT2D eigenvalue weighted by Crippen LogP contribution is -2.51. The summed E-state index contributed by atoms with van der Waals surface area (Å²) in [6, 6.07) is 7.52. The SMILES string of the molecule is CC(C)(C)c1ccc(C(=O)N2CSCC2C(=O)NC2CCCC2CN)cc1.Cl. The van der Waals surface area contributed by atoms with Crippen molar-refractivity contribution in [3.63, 3.8) is 0 Å². The summed E-state index contributed by atoms with van der Waals surface area (Å²) >= 11 is 1.63. The molecule has 5 nitrogen and oxygen atoms in total. The van der Waals surface area contributed by atoms with Gasteiger partial charge in [-0.2, -0.15) is 0 Å². The fourth-order valence-corrected chi connectivity index (χ4v) is 5.08. The first-order valence-electron chi connectivity index (χ1n) is 9.81. The molecule has 0 spiro atoms. The fraction of sp³-hybridized carbons (Fsp3) is 0.619. The van der Waals surface area contributed by atoms with Crippen LogP contribution in [0.5, 0.6) is 0 Å². The maximum absolute atomic E-state index is 13.0. The van der Waals surface area contributed by atoms with Crippen LogP contribution in [0.4, 0.5) is 0 Å². The van der Waals surface area contributed by atoms with Crippen molar-refractivity contribution in [3.8, 4) is 0 Å². The van der Waals surface area contributed by atoms with Gasteiger partial charge in [-0.05, 0) is 48.4 Å². The molecule has 1 aromatic carbocycles. The first-order chi connectivity index (χ1) is 12.8. The van der Waals surface area contributed by atoms with Crippen LogP contribution in [-0.2, 0) is 10.2 Å². The van der Waals surface area contributed by atoms with Crippen LogP contribution < -0.4 is 11.1 Å². The van der Waals surface area contributed by atoms with Crippen LogP contribution >= 0.6 is 24.2 Å². The molecule has 1 aliphatic heterocycles. The maximum atomic E-state index is 13.0. The number of amides is 2. The molecule has 1 heterocycles. The van der Waals surface area contributed by atoms with Gasteiger partial charge in [0.25, 0.3) is 5.91 Å². The Morgan fingerprint density at radius 1 is 1.21 bits per heavy atom. The topological polar surface area (TPSA) is 75.4 Å². The average molecular weight is 426 g/mol. The van der Waals surface area contributed by atoms with Crippen molar-refractivity contribution in [2.24, 2.45) is 11.7 Å². The average Bonchev–Trinajstić information content (AvgIpc) is 3.29. The van der Waals surface area contributed by atoms with Gasteiger partial charge in [-0.15, -0.1) is 24.2 Å². The first-order valence-corrected chi connectivity index (χ1v) is 11.0. The number of nitrogens with one attached hydrogen (secondary N) is 1. The van der Waals surface area contributed by atoms with E-state index >= 15 is 0 Å². The van der Waals surface area contributed by atoms with E-state index in [2.05, 4.69) is 26.1 Å². The Labute approximate surface area is 178 Å². The smallest absolute Gasteiger partial charge is 0.255 e. The van der Waals surface area contributed by atoms with E-state index in [9.17, 15) is 9.59 Å². The van der Waals surface area contributed by atoms with Crippen LogP contribution in [0.15, 0.2) is 24.3 Å². The number of hydrogen-bond acceptors (Lipinski definition) is 4. The highest BCUT2D eigenvalue weighted by Gasteiger charge is 2.37. The monoisotopic (exact) mass is 425 g/mol. The van der Waals surface area contributed by atoms with E-state index in [1.54, 1.807) is 16.7 Å². The summed E-state index contributed by atoms with van der Waals surface area (Å²) in [6.45, 7) is 7.06. The second kappa shape index (κ2) is 9.51. The van der Waals surface area contributed by atoms with Crippen molar-refractivity contribution in [2.75, 3.05) is 18.2 Å². The zero-order valence-electron chi connectivity index (χ0n) is 16.9. The van der Waals surface area contributed by atoms with Gasteiger partial charge in [0.2, 0.25) is 5.91 Å². The molecule has 3 atom stereocenters. The quantitative estimate of drug-likeness (QED) is 0.776. The fourth-order valence-electron chi connectivity index (χ4n) is 3.93. The highest BCUT2D eigenvalue weighted by atomic mass is 35.5. The molecule has 1 saturated carbocycles. The molecule has 3 N–H and O–H groups in total. The molecule has 156 valence electrons. The van der Waals surface area contributed by atoms with Crippen molar-refractivity contribution in [1.29, 1.82) is 0 Å². The predicted molar refractivity (Wildman–Crippen MR) is 118 cm³/mol. The third kappa shape index (κ3) is 5.02. The van der Waals surface area contributed by atoms with E-state index in [0.717, 1.165) is 19.3 Å². The molecular weight excluding hydrogens is 394 g/mol. The number of carbonyl (C=O) groups excluding carboxylic acids is 2. The van der Waals surface area contributed by atoms with Crippen LogP contribution in [0, 0.1) is 5.92 Å². The van der Waals surface area contributed by atoms with Gasteiger partial charge >= 0.3 is 0 Å². The number of nitrogens with zero attached hydrogens (tertiary/aromatic N) is 1. The van der Waals surface area contributed by atoms with Crippen molar-refractivity contribution >= 4 is 36.0 Å². The Balaban J connectivity index is 0.00000280. The Kier molecular flexibility index (Phi) is 7.82. The van der Waals surface area contributed by atoms with Gasteiger partial charge in [0.15, 0.2) is 0 Å². The lowest BCUT2D eigenvalue weighted by Gasteiger charge is -2.27. The maximum Gasteiger partial charge on any atom is 0.255 e. The number of nitrogens with two attached hydrogens (primary N) is 1. The number of carbonyl (C=O) groups is 2. The summed E-state index contributed by atoms with van der Waals surface area (Å²) in [5.74, 6) is 1.46. The number of halogens is 1. The molecule has 1 aliphatic carbocycles. The van der Waals surface area contributed by atoms with E-state index in [0.29, 0.717) is 29.7 Å². The second-order valence-corrected chi connectivity index (χ2v) is 9.66. The van der Waals surface area contributed by atoms with Gasteiger partial charge < -0.3 is 16.0 Å². The second-order valence-electron chi connectivity index (χ2n) is 8.66. The Morgan fingerprint density at radius 3 is 2.50 bits per heavy atom. The highest BCUT2D eigenvalue weighted by molar-refractivity contribution is 7.99. The number of benzene rings is 1. The molecule has 0 radical (unpaired) electrons. The molecule has 7 heteroatoms. The van der Waals surface area contributed by atoms with Crippen molar-refractivity contribution in [1.82, 2.24) is 10.2 Å². The summed E-state index contributed by atoms with van der Waals surface area (Å²) in [7, 11) is 0. The van der Waals surface area contributed by atoms with Gasteiger partial charge in [-0.1, -0.05) is 39.3 Å². The summed E-state index contributed by atoms with van der Waals surface area (Å²) in [4.78, 5) is 27.5. The minimum Gasteiger partial charge on any atom is -0.351 e. The Bertz CT molecular complexity index is 690. The summed E-state index contributed by atoms with van der Waals surface area (Å²) < 4.78 is 0. The molecule has 2 amide bonds. The largest absolute Gasteiger partial charge is 0.351 e. The molecule has 1 aromatic rings. The number of hydrogen-bond donors (Lipinski definition) is 2. The molecule has 28 heavy (non-hydrogen) atoms. The standard InChI is InChI=1S/C21H31N3O2S.ClH/c1-21(2,3)16-9-7-14(8-10-16)20(26)24-13-27-12-18(24)19(25)23-17-6-4-5-15(17)11-22;/h7-10,15,17-18H,4-6,11-13,22H2,1-3H3,(H,23,25);1H. The minimum atomic E-state index is -0.399. The van der Waals surface area contributed by atoms with E-state index < -0.39 is 6.04 Å². The summed E-state index contributed by atoms with van der Waals surface area (Å²) in [6.07, 6.45) is 3.16. The van der Waals surface area contributed by atoms with Crippen molar-refractivity contribution in [2.45, 2.75) is 57.5 Å². The predicted octanol–water partition coefficient (Wildman–Crippen LogP) is 3.16. The molecule has 0 aromatic heterocycles. The normalized spacial score (nSPS) is 24.7. The zero-order valence-corrected chi connectivity index (χ0v) is 18.6. The van der Waals surface area contributed by atoms with Crippen LogP contribution in [0.1, 0.15) is 56.0 Å². The lowest BCUT2D eigenvalue weighted by molar-refractivity contribution is -0.125. The third-order valence-electron chi connectivity index (χ3n) is 5.73. The van der Waals surface area contributed by atoms with Crippen molar-refractivity contribution < 1.29 is 9.59 Å². The first kappa shape index (κ1) is 23.0. The van der Waals surface area contributed by atoms with Gasteiger partial charge in [-0.3, -0.25) is 9.59 Å². The van der Waals surface area contributed by atoms with E-state index in [4.69, 9.17) is 5.73 Å². The summed E-state index contributed by atoms with van der Waals surface area (Å²) in [5.41, 5.74) is 7.71. The molecule has 2 fully saturated rings. The van der Waals surface area contributed by atoms with Crippen LogP contribution in [-0.4, -0.2) is 47.0 Å². The Hall–Kier alpha value is -1.24. The highest BCUT2D eigenvalue weighted by Crippen LogP contribution is 2.28. The Morgan fingerprint density at radius 2 is 1.89 bits per heavy atom. The molecule has 3 rings (SSSR count).